The molecule has 18 heavy (non-hydrogen) atoms. The van der Waals surface area contributed by atoms with Crippen LogP contribution in [-0.4, -0.2) is 34.3 Å². The fraction of sp³-hybridized carbons (Fsp3) is 0.417. The van der Waals surface area contributed by atoms with Crippen LogP contribution in [0.1, 0.15) is 5.56 Å². The Bertz CT molecular complexity index is 484. The molecule has 0 radical (unpaired) electrons. The summed E-state index contributed by atoms with van der Waals surface area (Å²) in [5.41, 5.74) is 0.902. The van der Waals surface area contributed by atoms with E-state index in [1.54, 1.807) is 0 Å². The van der Waals surface area contributed by atoms with Gasteiger partial charge >= 0.3 is 5.97 Å². The van der Waals surface area contributed by atoms with Crippen molar-refractivity contribution in [3.63, 3.8) is 0 Å². The Hall–Kier alpha value is -1.40. The SMILES string of the molecule is CNS(=O)(=O)CC(Cc1ccccc1)C(=O)OC. The van der Waals surface area contributed by atoms with Crippen LogP contribution in [-0.2, 0) is 26.0 Å². The first-order chi connectivity index (χ1) is 8.48. The molecule has 1 aromatic rings. The zero-order valence-corrected chi connectivity index (χ0v) is 11.2. The molecule has 0 heterocycles. The second kappa shape index (κ2) is 6.51. The summed E-state index contributed by atoms with van der Waals surface area (Å²) in [6.07, 6.45) is 0.342. The molecule has 1 unspecified atom stereocenters. The first-order valence-corrected chi connectivity index (χ1v) is 7.16. The minimum Gasteiger partial charge on any atom is -0.469 e. The lowest BCUT2D eigenvalue weighted by Crippen LogP contribution is -2.32. The van der Waals surface area contributed by atoms with Crippen molar-refractivity contribution in [1.82, 2.24) is 4.72 Å². The molecule has 0 spiro atoms. The number of rotatable bonds is 6. The molecule has 0 aromatic heterocycles. The average molecular weight is 271 g/mol. The van der Waals surface area contributed by atoms with E-state index in [1.807, 2.05) is 30.3 Å². The number of hydrogen-bond donors (Lipinski definition) is 1. The summed E-state index contributed by atoms with van der Waals surface area (Å²) < 4.78 is 29.8. The molecule has 6 heteroatoms. The lowest BCUT2D eigenvalue weighted by Gasteiger charge is -2.14. The van der Waals surface area contributed by atoms with Crippen molar-refractivity contribution in [3.8, 4) is 0 Å². The predicted molar refractivity (Wildman–Crippen MR) is 68.5 cm³/mol. The largest absolute Gasteiger partial charge is 0.469 e. The Morgan fingerprint density at radius 3 is 2.44 bits per heavy atom. The minimum absolute atomic E-state index is 0.273. The number of sulfonamides is 1. The van der Waals surface area contributed by atoms with E-state index in [0.29, 0.717) is 6.42 Å². The van der Waals surface area contributed by atoms with Gasteiger partial charge in [-0.15, -0.1) is 0 Å². The molecule has 0 aliphatic carbocycles. The molecule has 0 amide bonds. The third kappa shape index (κ3) is 4.46. The van der Waals surface area contributed by atoms with Crippen LogP contribution < -0.4 is 4.72 Å². The monoisotopic (exact) mass is 271 g/mol. The number of ether oxygens (including phenoxy) is 1. The number of carbonyl (C=O) groups excluding carboxylic acids is 1. The molecule has 0 bridgehead atoms. The van der Waals surface area contributed by atoms with E-state index < -0.39 is 21.9 Å². The average Bonchev–Trinajstić information content (AvgIpc) is 2.38. The summed E-state index contributed by atoms with van der Waals surface area (Å²) >= 11 is 0. The summed E-state index contributed by atoms with van der Waals surface area (Å²) in [5.74, 6) is -1.49. The van der Waals surface area contributed by atoms with Crippen molar-refractivity contribution in [1.29, 1.82) is 0 Å². The minimum atomic E-state index is -3.44. The lowest BCUT2D eigenvalue weighted by atomic mass is 10.0. The summed E-state index contributed by atoms with van der Waals surface area (Å²) in [5, 5.41) is 0. The number of carbonyl (C=O) groups is 1. The summed E-state index contributed by atoms with van der Waals surface area (Å²) in [6, 6.07) is 9.25. The lowest BCUT2D eigenvalue weighted by molar-refractivity contribution is -0.144. The summed E-state index contributed by atoms with van der Waals surface area (Å²) in [7, 11) is -0.863. The quantitative estimate of drug-likeness (QED) is 0.768. The van der Waals surface area contributed by atoms with Crippen LogP contribution in [0.2, 0.25) is 0 Å². The Kier molecular flexibility index (Phi) is 5.30. The van der Waals surface area contributed by atoms with Gasteiger partial charge < -0.3 is 4.74 Å². The van der Waals surface area contributed by atoms with E-state index in [2.05, 4.69) is 9.46 Å². The van der Waals surface area contributed by atoms with Crippen LogP contribution in [0.15, 0.2) is 30.3 Å². The highest BCUT2D eigenvalue weighted by molar-refractivity contribution is 7.89. The maximum Gasteiger partial charge on any atom is 0.310 e. The van der Waals surface area contributed by atoms with Crippen LogP contribution in [0.3, 0.4) is 0 Å². The van der Waals surface area contributed by atoms with Gasteiger partial charge in [0.15, 0.2) is 0 Å². The third-order valence-corrected chi connectivity index (χ3v) is 4.05. The predicted octanol–water partition coefficient (Wildman–Crippen LogP) is 0.567. The molecule has 1 aromatic carbocycles. The highest BCUT2D eigenvalue weighted by atomic mass is 32.2. The van der Waals surface area contributed by atoms with Gasteiger partial charge in [-0.25, -0.2) is 13.1 Å². The number of methoxy groups -OCH3 is 1. The van der Waals surface area contributed by atoms with Gasteiger partial charge in [0.2, 0.25) is 10.0 Å². The normalized spacial score (nSPS) is 13.0. The van der Waals surface area contributed by atoms with E-state index in [1.165, 1.54) is 14.2 Å². The maximum atomic E-state index is 11.6. The molecular formula is C12H17NO4S. The van der Waals surface area contributed by atoms with Crippen molar-refractivity contribution in [3.05, 3.63) is 35.9 Å². The molecule has 5 nitrogen and oxygen atoms in total. The summed E-state index contributed by atoms with van der Waals surface area (Å²) in [6.45, 7) is 0. The summed E-state index contributed by atoms with van der Waals surface area (Å²) in [4.78, 5) is 11.6. The zero-order chi connectivity index (χ0) is 13.6. The van der Waals surface area contributed by atoms with Crippen LogP contribution in [0, 0.1) is 5.92 Å². The van der Waals surface area contributed by atoms with Crippen molar-refractivity contribution < 1.29 is 17.9 Å². The maximum absolute atomic E-state index is 11.6. The van der Waals surface area contributed by atoms with Crippen LogP contribution in [0.4, 0.5) is 0 Å². The van der Waals surface area contributed by atoms with Crippen molar-refractivity contribution in [2.75, 3.05) is 19.9 Å². The smallest absolute Gasteiger partial charge is 0.310 e. The van der Waals surface area contributed by atoms with Crippen molar-refractivity contribution >= 4 is 16.0 Å². The molecule has 0 saturated carbocycles. The number of hydrogen-bond acceptors (Lipinski definition) is 4. The third-order valence-electron chi connectivity index (χ3n) is 2.59. The van der Waals surface area contributed by atoms with Gasteiger partial charge in [-0.2, -0.15) is 0 Å². The molecule has 0 aliphatic rings. The van der Waals surface area contributed by atoms with E-state index in [-0.39, 0.29) is 5.75 Å². The second-order valence-corrected chi connectivity index (χ2v) is 5.87. The zero-order valence-electron chi connectivity index (χ0n) is 10.4. The van der Waals surface area contributed by atoms with E-state index in [9.17, 15) is 13.2 Å². The van der Waals surface area contributed by atoms with Gasteiger partial charge in [0.25, 0.3) is 0 Å². The van der Waals surface area contributed by atoms with E-state index >= 15 is 0 Å². The highest BCUT2D eigenvalue weighted by Gasteiger charge is 2.25. The van der Waals surface area contributed by atoms with Gasteiger partial charge in [0.1, 0.15) is 0 Å². The molecule has 100 valence electrons. The first-order valence-electron chi connectivity index (χ1n) is 5.51. The number of esters is 1. The Labute approximate surface area is 107 Å². The van der Waals surface area contributed by atoms with Crippen LogP contribution >= 0.6 is 0 Å². The van der Waals surface area contributed by atoms with Gasteiger partial charge in [-0.3, -0.25) is 4.79 Å². The molecular weight excluding hydrogens is 254 g/mol. The fourth-order valence-electron chi connectivity index (χ4n) is 1.62. The van der Waals surface area contributed by atoms with E-state index in [4.69, 9.17) is 0 Å². The standard InChI is InChI=1S/C12H17NO4S/c1-13-18(15,16)9-11(12(14)17-2)8-10-6-4-3-5-7-10/h3-7,11,13H,8-9H2,1-2H3. The van der Waals surface area contributed by atoms with Crippen LogP contribution in [0.25, 0.3) is 0 Å². The molecule has 1 rings (SSSR count). The molecule has 0 fully saturated rings. The second-order valence-electron chi connectivity index (χ2n) is 3.90. The van der Waals surface area contributed by atoms with Crippen molar-refractivity contribution in [2.24, 2.45) is 5.92 Å². The van der Waals surface area contributed by atoms with Crippen LogP contribution in [0.5, 0.6) is 0 Å². The Balaban J connectivity index is 2.83. The van der Waals surface area contributed by atoms with Gasteiger partial charge in [0.05, 0.1) is 18.8 Å². The van der Waals surface area contributed by atoms with E-state index in [0.717, 1.165) is 5.56 Å². The highest BCUT2D eigenvalue weighted by Crippen LogP contribution is 2.12. The number of nitrogens with one attached hydrogen (secondary N) is 1. The van der Waals surface area contributed by atoms with Gasteiger partial charge in [0, 0.05) is 0 Å². The number of benzene rings is 1. The first kappa shape index (κ1) is 14.7. The Morgan fingerprint density at radius 2 is 1.94 bits per heavy atom. The topological polar surface area (TPSA) is 72.5 Å². The Morgan fingerprint density at radius 1 is 1.33 bits per heavy atom. The fourth-order valence-corrected chi connectivity index (χ4v) is 2.57. The molecule has 0 aliphatic heterocycles. The van der Waals surface area contributed by atoms with Gasteiger partial charge in [-0.1, -0.05) is 30.3 Å². The molecule has 1 atom stereocenters. The molecule has 1 N–H and O–H groups in total. The molecule has 0 saturated heterocycles. The van der Waals surface area contributed by atoms with Crippen molar-refractivity contribution in [2.45, 2.75) is 6.42 Å². The van der Waals surface area contributed by atoms with Gasteiger partial charge in [-0.05, 0) is 19.0 Å².